The van der Waals surface area contributed by atoms with Gasteiger partial charge in [-0.05, 0) is 23.5 Å². The molecule has 1 aromatic rings. The zero-order chi connectivity index (χ0) is 14.7. The molecule has 0 saturated carbocycles. The van der Waals surface area contributed by atoms with Gasteiger partial charge in [0.1, 0.15) is 0 Å². The topological polar surface area (TPSA) is 43.4 Å². The quantitative estimate of drug-likeness (QED) is 0.616. The van der Waals surface area contributed by atoms with E-state index < -0.39 is 22.2 Å². The predicted molar refractivity (Wildman–Crippen MR) is 64.9 cm³/mol. The highest BCUT2D eigenvalue weighted by Gasteiger charge is 2.47. The van der Waals surface area contributed by atoms with E-state index in [1.807, 2.05) is 13.8 Å². The van der Waals surface area contributed by atoms with E-state index in [9.17, 15) is 21.6 Å². The van der Waals surface area contributed by atoms with Crippen LogP contribution in [0.5, 0.6) is 0 Å². The Labute approximate surface area is 110 Å². The Balaban J connectivity index is 2.70. The largest absolute Gasteiger partial charge is 0.523 e. The van der Waals surface area contributed by atoms with E-state index in [2.05, 4.69) is 4.18 Å². The van der Waals surface area contributed by atoms with Crippen molar-refractivity contribution >= 4 is 10.1 Å². The number of alkyl halides is 3. The smallest absolute Gasteiger partial charge is 0.258 e. The van der Waals surface area contributed by atoms with Gasteiger partial charge in [-0.2, -0.15) is 21.6 Å². The predicted octanol–water partition coefficient (Wildman–Crippen LogP) is 3.57. The SMILES string of the molecule is CCC(C)c1ccc(COS(=O)(=O)C(F)(F)F)cc1. The fourth-order valence-corrected chi connectivity index (χ4v) is 1.82. The lowest BCUT2D eigenvalue weighted by atomic mass is 9.98. The second-order valence-electron chi connectivity index (χ2n) is 4.21. The first-order valence-electron chi connectivity index (χ1n) is 5.72. The molecule has 0 heterocycles. The van der Waals surface area contributed by atoms with Crippen LogP contribution in [0.25, 0.3) is 0 Å². The Morgan fingerprint density at radius 3 is 2.16 bits per heavy atom. The van der Waals surface area contributed by atoms with Gasteiger partial charge in [-0.3, -0.25) is 4.18 Å². The number of hydrogen-bond donors (Lipinski definition) is 0. The summed E-state index contributed by atoms with van der Waals surface area (Å²) in [7, 11) is -5.53. The molecule has 0 saturated heterocycles. The van der Waals surface area contributed by atoms with Crippen LogP contribution in [-0.2, 0) is 20.9 Å². The van der Waals surface area contributed by atoms with Crippen molar-refractivity contribution in [2.75, 3.05) is 0 Å². The molecule has 7 heteroatoms. The maximum absolute atomic E-state index is 12.0. The Morgan fingerprint density at radius 2 is 1.74 bits per heavy atom. The van der Waals surface area contributed by atoms with Crippen LogP contribution in [0.15, 0.2) is 24.3 Å². The highest BCUT2D eigenvalue weighted by Crippen LogP contribution is 2.26. The second-order valence-corrected chi connectivity index (χ2v) is 5.82. The van der Waals surface area contributed by atoms with Crippen LogP contribution in [0.2, 0.25) is 0 Å². The zero-order valence-electron chi connectivity index (χ0n) is 10.6. The van der Waals surface area contributed by atoms with Crippen LogP contribution in [-0.4, -0.2) is 13.9 Å². The summed E-state index contributed by atoms with van der Waals surface area (Å²) in [5.41, 5.74) is -3.96. The standard InChI is InChI=1S/C12H15F3O3S/c1-3-9(2)11-6-4-10(5-7-11)8-18-19(16,17)12(13,14)15/h4-7,9H,3,8H2,1-2H3. The van der Waals surface area contributed by atoms with Gasteiger partial charge in [0.25, 0.3) is 0 Å². The number of hydrogen-bond acceptors (Lipinski definition) is 3. The van der Waals surface area contributed by atoms with Crippen LogP contribution in [0, 0.1) is 0 Å². The van der Waals surface area contributed by atoms with Gasteiger partial charge >= 0.3 is 15.6 Å². The van der Waals surface area contributed by atoms with E-state index in [1.54, 1.807) is 24.3 Å². The van der Waals surface area contributed by atoms with Crippen molar-refractivity contribution in [3.63, 3.8) is 0 Å². The van der Waals surface area contributed by atoms with Gasteiger partial charge in [-0.1, -0.05) is 38.1 Å². The summed E-state index contributed by atoms with van der Waals surface area (Å²) in [6, 6.07) is 6.64. The maximum atomic E-state index is 12.0. The average molecular weight is 296 g/mol. The third kappa shape index (κ3) is 4.21. The van der Waals surface area contributed by atoms with Gasteiger partial charge in [0.05, 0.1) is 6.61 Å². The maximum Gasteiger partial charge on any atom is 0.523 e. The molecule has 19 heavy (non-hydrogen) atoms. The third-order valence-corrected chi connectivity index (χ3v) is 3.82. The lowest BCUT2D eigenvalue weighted by Gasteiger charge is -2.11. The molecule has 1 rings (SSSR count). The molecule has 1 atom stereocenters. The first-order chi connectivity index (χ1) is 8.67. The fraction of sp³-hybridized carbons (Fsp3) is 0.500. The Hall–Kier alpha value is -1.08. The van der Waals surface area contributed by atoms with Crippen LogP contribution in [0.1, 0.15) is 37.3 Å². The Kier molecular flexibility index (Phi) is 4.98. The van der Waals surface area contributed by atoms with Crippen molar-refractivity contribution < 1.29 is 25.8 Å². The summed E-state index contributed by atoms with van der Waals surface area (Å²) in [6.07, 6.45) is 0.943. The lowest BCUT2D eigenvalue weighted by Crippen LogP contribution is -2.25. The number of benzene rings is 1. The Bertz CT molecular complexity index is 506. The third-order valence-electron chi connectivity index (χ3n) is 2.83. The number of rotatable bonds is 5. The minimum absolute atomic E-state index is 0.342. The molecule has 0 amide bonds. The highest BCUT2D eigenvalue weighted by molar-refractivity contribution is 7.87. The molecule has 108 valence electrons. The van der Waals surface area contributed by atoms with E-state index >= 15 is 0 Å². The summed E-state index contributed by atoms with van der Waals surface area (Å²) in [4.78, 5) is 0. The minimum Gasteiger partial charge on any atom is -0.258 e. The molecule has 0 spiro atoms. The molecule has 3 nitrogen and oxygen atoms in total. The molecule has 0 aliphatic heterocycles. The van der Waals surface area contributed by atoms with Crippen LogP contribution in [0.3, 0.4) is 0 Å². The summed E-state index contributed by atoms with van der Waals surface area (Å²) in [5.74, 6) is 0.342. The fourth-order valence-electron chi connectivity index (χ4n) is 1.39. The summed E-state index contributed by atoms with van der Waals surface area (Å²) < 4.78 is 61.5. The molecule has 0 aromatic heterocycles. The van der Waals surface area contributed by atoms with Crippen LogP contribution < -0.4 is 0 Å². The molecule has 0 N–H and O–H groups in total. The zero-order valence-corrected chi connectivity index (χ0v) is 11.4. The van der Waals surface area contributed by atoms with Crippen molar-refractivity contribution in [2.45, 2.75) is 38.3 Å². The van der Waals surface area contributed by atoms with Crippen molar-refractivity contribution in [2.24, 2.45) is 0 Å². The van der Waals surface area contributed by atoms with Crippen LogP contribution >= 0.6 is 0 Å². The van der Waals surface area contributed by atoms with E-state index in [1.165, 1.54) is 0 Å². The van der Waals surface area contributed by atoms with Crippen molar-refractivity contribution in [1.82, 2.24) is 0 Å². The highest BCUT2D eigenvalue weighted by atomic mass is 32.2. The molecule has 0 fully saturated rings. The average Bonchev–Trinajstić information content (AvgIpc) is 2.35. The monoisotopic (exact) mass is 296 g/mol. The Morgan fingerprint density at radius 1 is 1.21 bits per heavy atom. The molecule has 0 radical (unpaired) electrons. The second kappa shape index (κ2) is 5.92. The first-order valence-corrected chi connectivity index (χ1v) is 7.12. The molecule has 0 aliphatic carbocycles. The summed E-state index contributed by atoms with van der Waals surface area (Å²) >= 11 is 0. The van der Waals surface area contributed by atoms with Crippen molar-refractivity contribution in [3.05, 3.63) is 35.4 Å². The van der Waals surface area contributed by atoms with Gasteiger partial charge in [0.15, 0.2) is 0 Å². The van der Waals surface area contributed by atoms with Gasteiger partial charge in [-0.15, -0.1) is 0 Å². The van der Waals surface area contributed by atoms with E-state index in [0.717, 1.165) is 12.0 Å². The first kappa shape index (κ1) is 16.0. The molecule has 0 bridgehead atoms. The van der Waals surface area contributed by atoms with Crippen LogP contribution in [0.4, 0.5) is 13.2 Å². The van der Waals surface area contributed by atoms with Gasteiger partial charge in [0.2, 0.25) is 0 Å². The molecule has 1 aromatic carbocycles. The van der Waals surface area contributed by atoms with E-state index in [0.29, 0.717) is 11.5 Å². The van der Waals surface area contributed by atoms with Crippen molar-refractivity contribution in [3.8, 4) is 0 Å². The van der Waals surface area contributed by atoms with E-state index in [-0.39, 0.29) is 0 Å². The van der Waals surface area contributed by atoms with Gasteiger partial charge < -0.3 is 0 Å². The van der Waals surface area contributed by atoms with E-state index in [4.69, 9.17) is 0 Å². The molecular formula is C12H15F3O3S. The normalized spacial score (nSPS) is 14.4. The van der Waals surface area contributed by atoms with Crippen molar-refractivity contribution in [1.29, 1.82) is 0 Å². The lowest BCUT2D eigenvalue weighted by molar-refractivity contribution is -0.0547. The van der Waals surface area contributed by atoms with Gasteiger partial charge in [-0.25, -0.2) is 0 Å². The molecule has 0 aliphatic rings. The summed E-state index contributed by atoms with van der Waals surface area (Å²) in [6.45, 7) is 3.43. The molecule has 1 unspecified atom stereocenters. The van der Waals surface area contributed by atoms with Gasteiger partial charge in [0, 0.05) is 0 Å². The molecular weight excluding hydrogens is 281 g/mol. The number of halogens is 3. The minimum atomic E-state index is -5.53. The summed E-state index contributed by atoms with van der Waals surface area (Å²) in [5, 5.41) is 0.